The molecule has 8 nitrogen and oxygen atoms in total. The number of anilines is 1. The van der Waals surface area contributed by atoms with E-state index in [1.54, 1.807) is 0 Å². The fourth-order valence-electron chi connectivity index (χ4n) is 1.27. The van der Waals surface area contributed by atoms with Crippen LogP contribution in [0, 0.1) is 0 Å². The molecule has 0 aliphatic rings. The summed E-state index contributed by atoms with van der Waals surface area (Å²) in [4.78, 5) is 10.7. The maximum absolute atomic E-state index is 11.8. The molecular weight excluding hydrogens is 260 g/mol. The van der Waals surface area contributed by atoms with Gasteiger partial charge in [-0.15, -0.1) is 0 Å². The van der Waals surface area contributed by atoms with Crippen LogP contribution in [0.5, 0.6) is 0 Å². The molecule has 0 fully saturated rings. The second-order valence-corrected chi connectivity index (χ2v) is 5.28. The molecular formula is C9H16N4O4S. The number of aryl methyl sites for hydroxylation is 1. The van der Waals surface area contributed by atoms with Crippen molar-refractivity contribution in [2.45, 2.75) is 24.8 Å². The molecule has 0 atom stereocenters. The number of carbonyl (C=O) groups excluding carboxylic acids is 1. The smallest absolute Gasteiger partial charge is 0.320 e. The van der Waals surface area contributed by atoms with Gasteiger partial charge in [-0.05, 0) is 6.42 Å². The van der Waals surface area contributed by atoms with E-state index in [2.05, 4.69) is 14.6 Å². The molecule has 0 saturated heterocycles. The van der Waals surface area contributed by atoms with Crippen LogP contribution >= 0.6 is 0 Å². The summed E-state index contributed by atoms with van der Waals surface area (Å²) in [6.07, 6.45) is 2.13. The number of nitrogens with zero attached hydrogens (tertiary/aromatic N) is 2. The average molecular weight is 276 g/mol. The Morgan fingerprint density at radius 3 is 2.83 bits per heavy atom. The molecule has 102 valence electrons. The minimum atomic E-state index is -3.85. The van der Waals surface area contributed by atoms with Crippen molar-refractivity contribution < 1.29 is 17.9 Å². The van der Waals surface area contributed by atoms with Crippen molar-refractivity contribution in [2.75, 3.05) is 19.4 Å². The molecule has 18 heavy (non-hydrogen) atoms. The van der Waals surface area contributed by atoms with E-state index >= 15 is 0 Å². The van der Waals surface area contributed by atoms with Gasteiger partial charge in [0.2, 0.25) is 10.0 Å². The Hall–Kier alpha value is -1.61. The quantitative estimate of drug-likeness (QED) is 0.665. The van der Waals surface area contributed by atoms with Crippen LogP contribution in [-0.4, -0.2) is 37.8 Å². The van der Waals surface area contributed by atoms with Gasteiger partial charge >= 0.3 is 5.97 Å². The number of methoxy groups -OCH3 is 1. The number of esters is 1. The van der Waals surface area contributed by atoms with Crippen molar-refractivity contribution in [3.8, 4) is 0 Å². The van der Waals surface area contributed by atoms with Crippen LogP contribution in [-0.2, 0) is 26.1 Å². The first-order valence-electron chi connectivity index (χ1n) is 5.30. The van der Waals surface area contributed by atoms with E-state index in [-0.39, 0.29) is 10.7 Å². The van der Waals surface area contributed by atoms with Crippen LogP contribution in [0.2, 0.25) is 0 Å². The zero-order valence-corrected chi connectivity index (χ0v) is 11.0. The predicted octanol–water partition coefficient (Wildman–Crippen LogP) is -0.673. The van der Waals surface area contributed by atoms with Gasteiger partial charge in [-0.1, -0.05) is 6.92 Å². The Morgan fingerprint density at radius 1 is 1.61 bits per heavy atom. The molecule has 1 rings (SSSR count). The monoisotopic (exact) mass is 276 g/mol. The number of nitrogens with two attached hydrogens (primary N) is 1. The van der Waals surface area contributed by atoms with Crippen LogP contribution in [0.25, 0.3) is 0 Å². The van der Waals surface area contributed by atoms with Crippen molar-refractivity contribution >= 4 is 21.8 Å². The first-order chi connectivity index (χ1) is 8.40. The lowest BCUT2D eigenvalue weighted by Crippen LogP contribution is -2.30. The lowest BCUT2D eigenvalue weighted by atomic mass is 10.5. The minimum absolute atomic E-state index is 0.0965. The van der Waals surface area contributed by atoms with Crippen LogP contribution < -0.4 is 10.5 Å². The van der Waals surface area contributed by atoms with Gasteiger partial charge in [0.05, 0.1) is 7.11 Å². The number of nitrogen functional groups attached to an aromatic ring is 1. The molecule has 3 N–H and O–H groups in total. The normalized spacial score (nSPS) is 11.4. The summed E-state index contributed by atoms with van der Waals surface area (Å²) in [7, 11) is -2.68. The highest BCUT2D eigenvalue weighted by Gasteiger charge is 2.21. The number of ether oxygens (including phenoxy) is 1. The maximum atomic E-state index is 11.8. The minimum Gasteiger partial charge on any atom is -0.468 e. The van der Waals surface area contributed by atoms with E-state index in [1.807, 2.05) is 6.92 Å². The highest BCUT2D eigenvalue weighted by molar-refractivity contribution is 7.89. The Labute approximate surface area is 105 Å². The van der Waals surface area contributed by atoms with Gasteiger partial charge in [-0.3, -0.25) is 9.48 Å². The summed E-state index contributed by atoms with van der Waals surface area (Å²) in [6.45, 7) is 2.05. The van der Waals surface area contributed by atoms with Crippen molar-refractivity contribution in [1.29, 1.82) is 0 Å². The third-order valence-corrected chi connectivity index (χ3v) is 3.55. The molecule has 0 aliphatic carbocycles. The average Bonchev–Trinajstić information content (AvgIpc) is 2.68. The number of nitrogens with one attached hydrogen (secondary N) is 1. The fraction of sp³-hybridized carbons (Fsp3) is 0.556. The molecule has 0 amide bonds. The first-order valence-corrected chi connectivity index (χ1v) is 6.78. The largest absolute Gasteiger partial charge is 0.468 e. The second kappa shape index (κ2) is 5.83. The fourth-order valence-corrected chi connectivity index (χ4v) is 2.31. The summed E-state index contributed by atoms with van der Waals surface area (Å²) in [6, 6.07) is 0. The molecule has 0 aliphatic heterocycles. The Bertz CT molecular complexity index is 523. The number of carbonyl (C=O) groups is 1. The number of aromatic nitrogens is 2. The van der Waals surface area contributed by atoms with Crippen molar-refractivity contribution in [1.82, 2.24) is 14.5 Å². The highest BCUT2D eigenvalue weighted by Crippen LogP contribution is 2.15. The predicted molar refractivity (Wildman–Crippen MR) is 64.1 cm³/mol. The summed E-state index contributed by atoms with van der Waals surface area (Å²) in [5, 5.41) is 3.87. The number of hydrogen-bond donors (Lipinski definition) is 2. The number of rotatable bonds is 6. The molecule has 0 spiro atoms. The Balaban J connectivity index is 2.87. The summed E-state index contributed by atoms with van der Waals surface area (Å²) >= 11 is 0. The lowest BCUT2D eigenvalue weighted by molar-refractivity contribution is -0.139. The zero-order chi connectivity index (χ0) is 13.8. The van der Waals surface area contributed by atoms with E-state index in [0.717, 1.165) is 6.42 Å². The summed E-state index contributed by atoms with van der Waals surface area (Å²) < 4.78 is 31.5. The lowest BCUT2D eigenvalue weighted by Gasteiger charge is -2.03. The Kier molecular flexibility index (Phi) is 4.68. The van der Waals surface area contributed by atoms with Crippen molar-refractivity contribution in [2.24, 2.45) is 0 Å². The third kappa shape index (κ3) is 3.44. The standard InChI is InChI=1S/C9H16N4O4S/c1-3-4-13-6-7(9(10)12-13)18(15,16)11-5-8(14)17-2/h6,11H,3-5H2,1-2H3,(H2,10,12). The van der Waals surface area contributed by atoms with Crippen LogP contribution in [0.3, 0.4) is 0 Å². The van der Waals surface area contributed by atoms with Crippen LogP contribution in [0.1, 0.15) is 13.3 Å². The van der Waals surface area contributed by atoms with Gasteiger partial charge in [-0.2, -0.15) is 9.82 Å². The molecule has 1 aromatic rings. The number of hydrogen-bond acceptors (Lipinski definition) is 6. The Morgan fingerprint density at radius 2 is 2.28 bits per heavy atom. The molecule has 0 aromatic carbocycles. The van der Waals surface area contributed by atoms with Gasteiger partial charge in [-0.25, -0.2) is 8.42 Å². The van der Waals surface area contributed by atoms with Gasteiger partial charge < -0.3 is 10.5 Å². The van der Waals surface area contributed by atoms with Gasteiger partial charge in [0.1, 0.15) is 11.4 Å². The second-order valence-electron chi connectivity index (χ2n) is 3.54. The maximum Gasteiger partial charge on any atom is 0.320 e. The number of sulfonamides is 1. The van der Waals surface area contributed by atoms with E-state index in [1.165, 1.54) is 18.0 Å². The molecule has 1 aromatic heterocycles. The van der Waals surface area contributed by atoms with Crippen LogP contribution in [0.4, 0.5) is 5.82 Å². The highest BCUT2D eigenvalue weighted by atomic mass is 32.2. The first kappa shape index (κ1) is 14.5. The molecule has 9 heteroatoms. The van der Waals surface area contributed by atoms with E-state index < -0.39 is 22.5 Å². The van der Waals surface area contributed by atoms with Crippen molar-refractivity contribution in [3.05, 3.63) is 6.20 Å². The third-order valence-electron chi connectivity index (χ3n) is 2.13. The van der Waals surface area contributed by atoms with Crippen LogP contribution in [0.15, 0.2) is 11.1 Å². The molecule has 0 saturated carbocycles. The molecule has 0 bridgehead atoms. The topological polar surface area (TPSA) is 116 Å². The summed E-state index contributed by atoms with van der Waals surface area (Å²) in [5.74, 6) is -0.779. The van der Waals surface area contributed by atoms with E-state index in [0.29, 0.717) is 6.54 Å². The van der Waals surface area contributed by atoms with Gasteiger partial charge in [0.25, 0.3) is 0 Å². The van der Waals surface area contributed by atoms with Gasteiger partial charge in [0.15, 0.2) is 5.82 Å². The SMILES string of the molecule is CCCn1cc(S(=O)(=O)NCC(=O)OC)c(N)n1. The molecule has 0 unspecified atom stereocenters. The molecule has 0 radical (unpaired) electrons. The van der Waals surface area contributed by atoms with E-state index in [9.17, 15) is 13.2 Å². The van der Waals surface area contributed by atoms with E-state index in [4.69, 9.17) is 5.73 Å². The van der Waals surface area contributed by atoms with Crippen molar-refractivity contribution in [3.63, 3.8) is 0 Å². The zero-order valence-electron chi connectivity index (χ0n) is 10.2. The molecule has 1 heterocycles. The summed E-state index contributed by atoms with van der Waals surface area (Å²) in [5.41, 5.74) is 5.53. The van der Waals surface area contributed by atoms with Gasteiger partial charge in [0, 0.05) is 12.7 Å².